The Hall–Kier alpha value is -1.67. The Balaban J connectivity index is 3.07. The van der Waals surface area contributed by atoms with Crippen LogP contribution in [0.5, 0.6) is 0 Å². The van der Waals surface area contributed by atoms with E-state index in [2.05, 4.69) is 9.98 Å². The van der Waals surface area contributed by atoms with Crippen LogP contribution in [0.25, 0.3) is 0 Å². The first-order chi connectivity index (χ1) is 7.81. The highest BCUT2D eigenvalue weighted by atomic mass is 32.2. The molecule has 0 aromatic heterocycles. The Morgan fingerprint density at radius 3 is 2.75 bits per heavy atom. The zero-order chi connectivity index (χ0) is 11.8. The van der Waals surface area contributed by atoms with Gasteiger partial charge >= 0.3 is 0 Å². The molecule has 0 heterocycles. The van der Waals surface area contributed by atoms with Gasteiger partial charge in [0.2, 0.25) is 12.2 Å². The van der Waals surface area contributed by atoms with Gasteiger partial charge in [0.25, 0.3) is 0 Å². The van der Waals surface area contributed by atoms with Crippen LogP contribution in [-0.4, -0.2) is 17.9 Å². The monoisotopic (exact) mass is 234 g/mol. The molecule has 0 amide bonds. The van der Waals surface area contributed by atoms with Gasteiger partial charge in [-0.15, -0.1) is 11.8 Å². The molecule has 0 saturated carbocycles. The van der Waals surface area contributed by atoms with Gasteiger partial charge in [-0.3, -0.25) is 0 Å². The van der Waals surface area contributed by atoms with Gasteiger partial charge in [0.05, 0.1) is 12.2 Å². The second-order valence-corrected chi connectivity index (χ2v) is 4.14. The number of nitrogens with zero attached hydrogens (tertiary/aromatic N) is 2. The molecule has 0 atom stereocenters. The molecule has 0 spiro atoms. The highest BCUT2D eigenvalue weighted by Gasteiger charge is 2.03. The predicted octanol–water partition coefficient (Wildman–Crippen LogP) is 2.60. The lowest BCUT2D eigenvalue weighted by molar-refractivity contribution is 0.562. The Morgan fingerprint density at radius 1 is 1.31 bits per heavy atom. The zero-order valence-corrected chi connectivity index (χ0v) is 9.58. The third-order valence-electron chi connectivity index (χ3n) is 1.84. The fourth-order valence-corrected chi connectivity index (χ4v) is 2.04. The molecule has 0 N–H and O–H groups in total. The second-order valence-electron chi connectivity index (χ2n) is 2.84. The first-order valence-corrected chi connectivity index (χ1v) is 5.67. The van der Waals surface area contributed by atoms with Gasteiger partial charge in [-0.2, -0.15) is 4.99 Å². The molecule has 0 bridgehead atoms. The van der Waals surface area contributed by atoms with Crippen LogP contribution in [0.1, 0.15) is 12.5 Å². The van der Waals surface area contributed by atoms with E-state index in [0.717, 1.165) is 16.2 Å². The third kappa shape index (κ3) is 3.48. The molecule has 0 fully saturated rings. The van der Waals surface area contributed by atoms with Gasteiger partial charge in [-0.1, -0.05) is 13.0 Å². The first kappa shape index (κ1) is 12.4. The Kier molecular flexibility index (Phi) is 5.23. The van der Waals surface area contributed by atoms with Crippen molar-refractivity contribution in [1.82, 2.24) is 0 Å². The number of hydrogen-bond donors (Lipinski definition) is 0. The van der Waals surface area contributed by atoms with Crippen LogP contribution in [0.3, 0.4) is 0 Å². The lowest BCUT2D eigenvalue weighted by Gasteiger charge is -2.05. The summed E-state index contributed by atoms with van der Waals surface area (Å²) in [6, 6.07) is 5.28. The Bertz CT molecular complexity index is 461. The van der Waals surface area contributed by atoms with E-state index in [9.17, 15) is 9.59 Å². The summed E-state index contributed by atoms with van der Waals surface area (Å²) >= 11 is 1.61. The molecule has 0 radical (unpaired) electrons. The second kappa shape index (κ2) is 6.75. The summed E-state index contributed by atoms with van der Waals surface area (Å²) < 4.78 is 0. The van der Waals surface area contributed by atoms with Crippen molar-refractivity contribution in [3.63, 3.8) is 0 Å². The van der Waals surface area contributed by atoms with Gasteiger partial charge in [-0.25, -0.2) is 14.6 Å². The van der Waals surface area contributed by atoms with Crippen LogP contribution in [-0.2, 0) is 16.1 Å². The molecular weight excluding hydrogens is 224 g/mol. The summed E-state index contributed by atoms with van der Waals surface area (Å²) in [7, 11) is 0. The molecule has 0 aliphatic carbocycles. The summed E-state index contributed by atoms with van der Waals surface area (Å²) in [5.41, 5.74) is 1.49. The van der Waals surface area contributed by atoms with Crippen LogP contribution >= 0.6 is 11.8 Å². The number of carbonyl (C=O) groups excluding carboxylic acids is 2. The van der Waals surface area contributed by atoms with Gasteiger partial charge in [0.1, 0.15) is 0 Å². The van der Waals surface area contributed by atoms with E-state index >= 15 is 0 Å². The maximum absolute atomic E-state index is 10.1. The van der Waals surface area contributed by atoms with Gasteiger partial charge in [-0.05, 0) is 23.4 Å². The average Bonchev–Trinajstić information content (AvgIpc) is 2.29. The van der Waals surface area contributed by atoms with Crippen molar-refractivity contribution in [2.45, 2.75) is 18.4 Å². The number of hydrogen-bond acceptors (Lipinski definition) is 5. The van der Waals surface area contributed by atoms with Gasteiger partial charge < -0.3 is 0 Å². The van der Waals surface area contributed by atoms with Crippen molar-refractivity contribution in [2.24, 2.45) is 9.98 Å². The summed E-state index contributed by atoms with van der Waals surface area (Å²) in [6.07, 6.45) is 3.00. The molecular formula is C11H10N2O2S. The lowest BCUT2D eigenvalue weighted by atomic mass is 10.2. The van der Waals surface area contributed by atoms with Crippen LogP contribution in [0, 0.1) is 0 Å². The standard InChI is InChI=1S/C11H10N2O2S/c1-2-16-11-5-10(13-8-15)4-3-9(11)6-12-7-14/h3-5H,2,6H2,1H3. The molecule has 0 saturated heterocycles. The van der Waals surface area contributed by atoms with E-state index in [1.54, 1.807) is 30.0 Å². The summed E-state index contributed by atoms with van der Waals surface area (Å²) in [5, 5.41) is 0. The Labute approximate surface area is 97.5 Å². The van der Waals surface area contributed by atoms with Crippen molar-refractivity contribution in [1.29, 1.82) is 0 Å². The highest BCUT2D eigenvalue weighted by molar-refractivity contribution is 7.99. The largest absolute Gasteiger partial charge is 0.240 e. The Morgan fingerprint density at radius 2 is 2.12 bits per heavy atom. The van der Waals surface area contributed by atoms with Crippen LogP contribution in [0.15, 0.2) is 33.1 Å². The van der Waals surface area contributed by atoms with Crippen molar-refractivity contribution in [2.75, 3.05) is 5.75 Å². The van der Waals surface area contributed by atoms with E-state index in [1.807, 2.05) is 6.92 Å². The van der Waals surface area contributed by atoms with Crippen LogP contribution in [0.2, 0.25) is 0 Å². The quantitative estimate of drug-likeness (QED) is 0.447. The average molecular weight is 234 g/mol. The molecule has 0 aliphatic heterocycles. The van der Waals surface area contributed by atoms with Crippen LogP contribution < -0.4 is 0 Å². The molecule has 5 heteroatoms. The SMILES string of the molecule is CCSc1cc(N=C=O)ccc1CN=C=O. The maximum atomic E-state index is 10.1. The molecule has 0 aliphatic rings. The lowest BCUT2D eigenvalue weighted by Crippen LogP contribution is -1.86. The molecule has 1 aromatic carbocycles. The van der Waals surface area contributed by atoms with E-state index in [0.29, 0.717) is 12.2 Å². The summed E-state index contributed by atoms with van der Waals surface area (Å²) in [4.78, 5) is 28.2. The highest BCUT2D eigenvalue weighted by Crippen LogP contribution is 2.27. The minimum Gasteiger partial charge on any atom is -0.211 e. The van der Waals surface area contributed by atoms with Crippen molar-refractivity contribution in [3.05, 3.63) is 23.8 Å². The third-order valence-corrected chi connectivity index (χ3v) is 2.82. The fourth-order valence-electron chi connectivity index (χ4n) is 1.20. The number of thioether (sulfide) groups is 1. The van der Waals surface area contributed by atoms with E-state index < -0.39 is 0 Å². The van der Waals surface area contributed by atoms with Crippen molar-refractivity contribution < 1.29 is 9.59 Å². The molecule has 1 rings (SSSR count). The van der Waals surface area contributed by atoms with Crippen molar-refractivity contribution >= 4 is 29.6 Å². The summed E-state index contributed by atoms with van der Waals surface area (Å²) in [5.74, 6) is 0.895. The molecule has 0 unspecified atom stereocenters. The number of aliphatic imine (C=N–C) groups is 2. The minimum atomic E-state index is 0.302. The summed E-state index contributed by atoms with van der Waals surface area (Å²) in [6.45, 7) is 2.32. The van der Waals surface area contributed by atoms with E-state index in [-0.39, 0.29) is 0 Å². The van der Waals surface area contributed by atoms with E-state index in [4.69, 9.17) is 0 Å². The first-order valence-electron chi connectivity index (χ1n) is 4.69. The van der Waals surface area contributed by atoms with Crippen LogP contribution in [0.4, 0.5) is 5.69 Å². The van der Waals surface area contributed by atoms with Crippen molar-refractivity contribution in [3.8, 4) is 0 Å². The van der Waals surface area contributed by atoms with Gasteiger partial charge in [0.15, 0.2) is 0 Å². The molecule has 4 nitrogen and oxygen atoms in total. The minimum absolute atomic E-state index is 0.302. The topological polar surface area (TPSA) is 58.9 Å². The zero-order valence-electron chi connectivity index (χ0n) is 8.77. The number of rotatable bonds is 5. The fraction of sp³-hybridized carbons (Fsp3) is 0.273. The van der Waals surface area contributed by atoms with Gasteiger partial charge in [0, 0.05) is 4.90 Å². The molecule has 16 heavy (non-hydrogen) atoms. The smallest absolute Gasteiger partial charge is 0.211 e. The normalized spacial score (nSPS) is 9.06. The number of benzene rings is 1. The number of isocyanates is 2. The molecule has 1 aromatic rings. The molecule has 82 valence electrons. The van der Waals surface area contributed by atoms with E-state index in [1.165, 1.54) is 12.2 Å². The maximum Gasteiger partial charge on any atom is 0.240 e. The predicted molar refractivity (Wildman–Crippen MR) is 62.4 cm³/mol.